The average Bonchev–Trinajstić information content (AvgIpc) is 3.23. The first-order valence-corrected chi connectivity index (χ1v) is 11.8. The number of benzene rings is 1. The molecular weight excluding hydrogens is 452 g/mol. The maximum Gasteiger partial charge on any atom is 0.255 e. The van der Waals surface area contributed by atoms with E-state index in [1.54, 1.807) is 6.07 Å². The van der Waals surface area contributed by atoms with Crippen LogP contribution in [0.15, 0.2) is 28.2 Å². The molecule has 4 atom stereocenters. The highest BCUT2D eigenvalue weighted by Gasteiger charge is 2.73. The van der Waals surface area contributed by atoms with Gasteiger partial charge in [-0.1, -0.05) is 26.0 Å². The van der Waals surface area contributed by atoms with Crippen molar-refractivity contribution in [3.63, 3.8) is 0 Å². The number of para-hydroxylation sites is 1. The molecule has 0 aromatic heterocycles. The van der Waals surface area contributed by atoms with E-state index < -0.39 is 35.5 Å². The molecule has 1 aromatic rings. The molecule has 35 heavy (non-hydrogen) atoms. The number of nitrogens with one attached hydrogen (secondary N) is 2. The molecule has 1 fully saturated rings. The first-order valence-electron chi connectivity index (χ1n) is 11.8. The van der Waals surface area contributed by atoms with Crippen molar-refractivity contribution in [3.05, 3.63) is 29.3 Å². The summed E-state index contributed by atoms with van der Waals surface area (Å²) in [6.07, 6.45) is 0.836. The molecule has 0 radical (unpaired) electrons. The third-order valence-electron chi connectivity index (χ3n) is 7.62. The Hall–Kier alpha value is -3.09. The van der Waals surface area contributed by atoms with E-state index in [0.29, 0.717) is 24.5 Å². The summed E-state index contributed by atoms with van der Waals surface area (Å²) in [5, 5.41) is 28.9. The SMILES string of the molecule is CN(C)C[C@@H]1N=C(N)N2CC(NC(=O)c3cccc4c3OCCC4(C)C)C(O)(O)C23NC(N)=NC13. The Bertz CT molecular complexity index is 1120. The van der Waals surface area contributed by atoms with E-state index >= 15 is 0 Å². The number of fused-ring (bicyclic) bond motifs is 1. The number of hydrogen-bond acceptors (Lipinski definition) is 11. The van der Waals surface area contributed by atoms with Crippen LogP contribution < -0.4 is 26.8 Å². The van der Waals surface area contributed by atoms with Gasteiger partial charge in [0.25, 0.3) is 5.91 Å². The fourth-order valence-corrected chi connectivity index (χ4v) is 5.79. The van der Waals surface area contributed by atoms with Crippen LogP contribution in [0.1, 0.15) is 36.2 Å². The molecule has 0 bridgehead atoms. The number of amides is 1. The Morgan fingerprint density at radius 3 is 2.77 bits per heavy atom. The number of guanidine groups is 2. The minimum Gasteiger partial charge on any atom is -0.492 e. The molecule has 1 spiro atoms. The standard InChI is InChI=1S/C23H34N8O4/c1-21(2)8-9-35-16-12(6-5-7-13(16)21)18(32)27-15-11-31-20(25)26-14(10-30(3)4)17-22(31,23(15,33)34)29-19(24)28-17/h5-7,14-15,17,33-34H,8-11H2,1-4H3,(H2,25,26)(H,27,32)(H3,24,28,29)/t14-,15?,17?,22?/m0/s1. The Kier molecular flexibility index (Phi) is 5.20. The number of nitrogens with two attached hydrogens (primary N) is 2. The second-order valence-electron chi connectivity index (χ2n) is 10.7. The van der Waals surface area contributed by atoms with Gasteiger partial charge in [0.1, 0.15) is 17.8 Å². The molecule has 4 aliphatic heterocycles. The summed E-state index contributed by atoms with van der Waals surface area (Å²) in [4.78, 5) is 25.9. The largest absolute Gasteiger partial charge is 0.492 e. The zero-order valence-corrected chi connectivity index (χ0v) is 20.4. The molecule has 12 nitrogen and oxygen atoms in total. The number of hydrogen-bond donors (Lipinski definition) is 6. The third-order valence-corrected chi connectivity index (χ3v) is 7.62. The van der Waals surface area contributed by atoms with Crippen molar-refractivity contribution in [1.82, 2.24) is 20.4 Å². The van der Waals surface area contributed by atoms with Gasteiger partial charge in [-0.2, -0.15) is 0 Å². The highest BCUT2D eigenvalue weighted by atomic mass is 16.5. The lowest BCUT2D eigenvalue weighted by Crippen LogP contribution is -2.78. The highest BCUT2D eigenvalue weighted by molar-refractivity contribution is 5.98. The number of carbonyl (C=O) groups is 1. The average molecular weight is 487 g/mol. The zero-order chi connectivity index (χ0) is 25.3. The normalized spacial score (nSPS) is 32.0. The van der Waals surface area contributed by atoms with Crippen LogP contribution in [0, 0.1) is 0 Å². The van der Waals surface area contributed by atoms with Gasteiger partial charge in [0.15, 0.2) is 17.6 Å². The topological polar surface area (TPSA) is 174 Å². The minimum atomic E-state index is -2.47. The van der Waals surface area contributed by atoms with Crippen molar-refractivity contribution in [2.24, 2.45) is 21.5 Å². The molecule has 1 saturated heterocycles. The van der Waals surface area contributed by atoms with Crippen LogP contribution >= 0.6 is 0 Å². The van der Waals surface area contributed by atoms with E-state index in [0.717, 1.165) is 12.0 Å². The van der Waals surface area contributed by atoms with E-state index in [2.05, 4.69) is 34.5 Å². The Morgan fingerprint density at radius 1 is 1.31 bits per heavy atom. The van der Waals surface area contributed by atoms with Crippen molar-refractivity contribution in [1.29, 1.82) is 0 Å². The summed E-state index contributed by atoms with van der Waals surface area (Å²) >= 11 is 0. The third kappa shape index (κ3) is 3.34. The highest BCUT2D eigenvalue weighted by Crippen LogP contribution is 2.45. The lowest BCUT2D eigenvalue weighted by Gasteiger charge is -2.49. The van der Waals surface area contributed by atoms with Crippen LogP contribution in [0.25, 0.3) is 0 Å². The predicted octanol–water partition coefficient (Wildman–Crippen LogP) is -1.92. The maximum atomic E-state index is 13.4. The second kappa shape index (κ2) is 7.70. The van der Waals surface area contributed by atoms with Gasteiger partial charge in [-0.3, -0.25) is 4.79 Å². The fraction of sp³-hybridized carbons (Fsp3) is 0.609. The van der Waals surface area contributed by atoms with Crippen LogP contribution in [-0.2, 0) is 5.41 Å². The van der Waals surface area contributed by atoms with Gasteiger partial charge < -0.3 is 46.9 Å². The van der Waals surface area contributed by atoms with Crippen molar-refractivity contribution >= 4 is 17.8 Å². The molecule has 0 aliphatic carbocycles. The molecule has 5 rings (SSSR count). The molecular formula is C23H34N8O4. The lowest BCUT2D eigenvalue weighted by molar-refractivity contribution is -0.230. The van der Waals surface area contributed by atoms with Gasteiger partial charge in [0.2, 0.25) is 5.79 Å². The van der Waals surface area contributed by atoms with E-state index in [1.165, 1.54) is 4.90 Å². The molecule has 8 N–H and O–H groups in total. The van der Waals surface area contributed by atoms with Crippen molar-refractivity contribution in [3.8, 4) is 5.75 Å². The summed E-state index contributed by atoms with van der Waals surface area (Å²) in [6, 6.07) is 3.11. The number of likely N-dealkylation sites (N-methyl/N-ethyl adjacent to an activating group) is 1. The zero-order valence-electron chi connectivity index (χ0n) is 20.4. The van der Waals surface area contributed by atoms with Crippen molar-refractivity contribution < 1.29 is 19.7 Å². The van der Waals surface area contributed by atoms with Gasteiger partial charge in [-0.05, 0) is 32.0 Å². The first kappa shape index (κ1) is 23.6. The van der Waals surface area contributed by atoms with Gasteiger partial charge in [0, 0.05) is 18.7 Å². The Balaban J connectivity index is 1.48. The van der Waals surface area contributed by atoms with E-state index in [1.807, 2.05) is 31.1 Å². The van der Waals surface area contributed by atoms with Crippen LogP contribution in [-0.4, -0.2) is 101 Å². The predicted molar refractivity (Wildman–Crippen MR) is 130 cm³/mol. The summed E-state index contributed by atoms with van der Waals surface area (Å²) in [5.74, 6) is -2.25. The number of ether oxygens (including phenoxy) is 1. The molecule has 190 valence electrons. The number of nitrogens with zero attached hydrogens (tertiary/aromatic N) is 4. The number of aliphatic hydroxyl groups is 2. The Morgan fingerprint density at radius 2 is 2.06 bits per heavy atom. The smallest absolute Gasteiger partial charge is 0.255 e. The molecule has 0 saturated carbocycles. The quantitative estimate of drug-likeness (QED) is 0.265. The molecule has 1 aromatic carbocycles. The monoisotopic (exact) mass is 486 g/mol. The summed E-state index contributed by atoms with van der Waals surface area (Å²) in [5.41, 5.74) is 11.9. The molecule has 3 unspecified atom stereocenters. The summed E-state index contributed by atoms with van der Waals surface area (Å²) in [6.45, 7) is 5.18. The minimum absolute atomic E-state index is 0.00354. The van der Waals surface area contributed by atoms with Crippen molar-refractivity contribution in [2.45, 2.75) is 55.3 Å². The van der Waals surface area contributed by atoms with Crippen LogP contribution in [0.5, 0.6) is 5.75 Å². The van der Waals surface area contributed by atoms with Crippen LogP contribution in [0.4, 0.5) is 0 Å². The maximum absolute atomic E-state index is 13.4. The number of carbonyl (C=O) groups excluding carboxylic acids is 1. The van der Waals surface area contributed by atoms with Crippen molar-refractivity contribution in [2.75, 3.05) is 33.8 Å². The van der Waals surface area contributed by atoms with Gasteiger partial charge >= 0.3 is 0 Å². The van der Waals surface area contributed by atoms with Gasteiger partial charge in [-0.25, -0.2) is 9.98 Å². The Labute approximate surface area is 204 Å². The fourth-order valence-electron chi connectivity index (χ4n) is 5.79. The summed E-state index contributed by atoms with van der Waals surface area (Å²) in [7, 11) is 3.76. The number of rotatable bonds is 4. The van der Waals surface area contributed by atoms with Crippen LogP contribution in [0.3, 0.4) is 0 Å². The molecule has 4 heterocycles. The molecule has 4 aliphatic rings. The van der Waals surface area contributed by atoms with E-state index in [9.17, 15) is 15.0 Å². The first-order chi connectivity index (χ1) is 16.4. The summed E-state index contributed by atoms with van der Waals surface area (Å²) < 4.78 is 5.89. The molecule has 12 heteroatoms. The van der Waals surface area contributed by atoms with Crippen LogP contribution in [0.2, 0.25) is 0 Å². The van der Waals surface area contributed by atoms with E-state index in [4.69, 9.17) is 16.2 Å². The van der Waals surface area contributed by atoms with Gasteiger partial charge in [0.05, 0.1) is 18.2 Å². The van der Waals surface area contributed by atoms with Gasteiger partial charge in [-0.15, -0.1) is 0 Å². The second-order valence-corrected chi connectivity index (χ2v) is 10.7. The number of aliphatic imine (C=N–C) groups is 2. The lowest BCUT2D eigenvalue weighted by atomic mass is 9.79. The molecule has 1 amide bonds. The van der Waals surface area contributed by atoms with E-state index in [-0.39, 0.29) is 23.9 Å².